The lowest BCUT2D eigenvalue weighted by Crippen LogP contribution is -2.15. The third-order valence-corrected chi connectivity index (χ3v) is 7.52. The van der Waals surface area contributed by atoms with E-state index in [1.54, 1.807) is 6.07 Å². The van der Waals surface area contributed by atoms with Crippen molar-refractivity contribution < 1.29 is 4.39 Å². The fourth-order valence-electron chi connectivity index (χ4n) is 5.07. The summed E-state index contributed by atoms with van der Waals surface area (Å²) in [5.74, 6) is 1.52. The number of benzene rings is 3. The molecule has 32 heavy (non-hydrogen) atoms. The van der Waals surface area contributed by atoms with Crippen molar-refractivity contribution in [3.63, 3.8) is 0 Å². The zero-order valence-corrected chi connectivity index (χ0v) is 19.9. The van der Waals surface area contributed by atoms with Gasteiger partial charge >= 0.3 is 0 Å². The van der Waals surface area contributed by atoms with Gasteiger partial charge in [0.25, 0.3) is 0 Å². The highest BCUT2D eigenvalue weighted by Crippen LogP contribution is 2.34. The van der Waals surface area contributed by atoms with Gasteiger partial charge in [-0.15, -0.1) is 0 Å². The number of rotatable bonds is 8. The second-order valence-corrected chi connectivity index (χ2v) is 9.89. The Hall–Kier alpha value is -2.12. The molecule has 1 fully saturated rings. The van der Waals surface area contributed by atoms with Crippen LogP contribution in [0.2, 0.25) is 5.02 Å². The van der Waals surface area contributed by atoms with Gasteiger partial charge in [0.15, 0.2) is 0 Å². The van der Waals surface area contributed by atoms with Crippen LogP contribution in [0.4, 0.5) is 4.39 Å². The molecule has 0 saturated heterocycles. The van der Waals surface area contributed by atoms with Gasteiger partial charge in [-0.1, -0.05) is 92.7 Å². The number of aryl methyl sites for hydroxylation is 3. The van der Waals surface area contributed by atoms with E-state index in [4.69, 9.17) is 11.6 Å². The number of hydrogen-bond acceptors (Lipinski definition) is 0. The molecule has 0 N–H and O–H groups in total. The quantitative estimate of drug-likeness (QED) is 0.322. The smallest absolute Gasteiger partial charge is 0.131 e. The van der Waals surface area contributed by atoms with E-state index in [1.165, 1.54) is 56.1 Å². The first kappa shape index (κ1) is 23.1. The van der Waals surface area contributed by atoms with Crippen molar-refractivity contribution in [1.82, 2.24) is 0 Å². The summed E-state index contributed by atoms with van der Waals surface area (Å²) in [7, 11) is 0. The normalized spacial score (nSPS) is 18.6. The third kappa shape index (κ3) is 6.23. The summed E-state index contributed by atoms with van der Waals surface area (Å²) in [6, 6.07) is 22.3. The SMILES string of the molecule is CCc1ccc(CC[C@H]2CC[C@H](CCc3ccc(-c4ccc(Cl)cc4)c(F)c3)CC2)cc1. The molecule has 0 amide bonds. The molecule has 0 unspecified atom stereocenters. The second-order valence-electron chi connectivity index (χ2n) is 9.46. The van der Waals surface area contributed by atoms with Gasteiger partial charge in [0.05, 0.1) is 0 Å². The van der Waals surface area contributed by atoms with E-state index in [2.05, 4.69) is 37.3 Å². The Balaban J connectivity index is 1.21. The van der Waals surface area contributed by atoms with E-state index in [0.717, 1.165) is 35.8 Å². The van der Waals surface area contributed by atoms with Gasteiger partial charge < -0.3 is 0 Å². The van der Waals surface area contributed by atoms with E-state index >= 15 is 0 Å². The van der Waals surface area contributed by atoms with Crippen LogP contribution < -0.4 is 0 Å². The van der Waals surface area contributed by atoms with Gasteiger partial charge in [-0.3, -0.25) is 0 Å². The van der Waals surface area contributed by atoms with Crippen LogP contribution in [0.15, 0.2) is 66.7 Å². The first-order valence-electron chi connectivity index (χ1n) is 12.2. The summed E-state index contributed by atoms with van der Waals surface area (Å²) in [4.78, 5) is 0. The molecule has 1 saturated carbocycles. The van der Waals surface area contributed by atoms with Crippen LogP contribution in [-0.4, -0.2) is 0 Å². The molecule has 0 atom stereocenters. The number of hydrogen-bond donors (Lipinski definition) is 0. The van der Waals surface area contributed by atoms with Gasteiger partial charge in [0, 0.05) is 10.6 Å². The molecule has 3 aromatic carbocycles. The van der Waals surface area contributed by atoms with E-state index in [-0.39, 0.29) is 5.82 Å². The zero-order valence-electron chi connectivity index (χ0n) is 19.1. The Labute approximate surface area is 197 Å². The molecule has 0 aliphatic heterocycles. The van der Waals surface area contributed by atoms with Crippen molar-refractivity contribution in [2.45, 2.75) is 64.7 Å². The Morgan fingerprint density at radius 2 is 1.25 bits per heavy atom. The highest BCUT2D eigenvalue weighted by molar-refractivity contribution is 6.30. The van der Waals surface area contributed by atoms with E-state index in [1.807, 2.05) is 30.3 Å². The Kier molecular flexibility index (Phi) is 8.03. The van der Waals surface area contributed by atoms with Crippen molar-refractivity contribution in [2.75, 3.05) is 0 Å². The van der Waals surface area contributed by atoms with Crippen LogP contribution in [0.1, 0.15) is 62.1 Å². The highest BCUT2D eigenvalue weighted by Gasteiger charge is 2.21. The topological polar surface area (TPSA) is 0 Å². The van der Waals surface area contributed by atoms with Gasteiger partial charge in [0.2, 0.25) is 0 Å². The van der Waals surface area contributed by atoms with Crippen LogP contribution in [-0.2, 0) is 19.3 Å². The van der Waals surface area contributed by atoms with Crippen LogP contribution in [0.25, 0.3) is 11.1 Å². The summed E-state index contributed by atoms with van der Waals surface area (Å²) in [6.07, 6.45) is 11.1. The maximum atomic E-state index is 14.7. The molecule has 0 spiro atoms. The number of halogens is 2. The van der Waals surface area contributed by atoms with Gasteiger partial charge in [-0.2, -0.15) is 0 Å². The van der Waals surface area contributed by atoms with E-state index in [0.29, 0.717) is 10.6 Å². The Morgan fingerprint density at radius 1 is 0.719 bits per heavy atom. The van der Waals surface area contributed by atoms with Crippen LogP contribution in [0, 0.1) is 17.7 Å². The fraction of sp³-hybridized carbons (Fsp3) is 0.400. The molecule has 1 aliphatic rings. The third-order valence-electron chi connectivity index (χ3n) is 7.27. The van der Waals surface area contributed by atoms with Gasteiger partial charge in [0.1, 0.15) is 5.82 Å². The average Bonchev–Trinajstić information content (AvgIpc) is 2.83. The Morgan fingerprint density at radius 3 is 1.81 bits per heavy atom. The van der Waals surface area contributed by atoms with Crippen LogP contribution >= 0.6 is 11.6 Å². The standard InChI is InChI=1S/C30H34ClF/c1-2-22-3-5-23(6-4-22)7-8-24-9-11-25(12-10-24)13-14-26-15-20-29(30(32)21-26)27-16-18-28(31)19-17-27/h3-6,15-21,24-25H,2,7-14H2,1H3/t24-,25-. The molecule has 3 aromatic rings. The summed E-state index contributed by atoms with van der Waals surface area (Å²) < 4.78 is 14.7. The molecule has 0 nitrogen and oxygen atoms in total. The van der Waals surface area contributed by atoms with E-state index < -0.39 is 0 Å². The van der Waals surface area contributed by atoms with Crippen LogP contribution in [0.3, 0.4) is 0 Å². The fourth-order valence-corrected chi connectivity index (χ4v) is 5.20. The van der Waals surface area contributed by atoms with Crippen molar-refractivity contribution in [3.05, 3.63) is 94.3 Å². The lowest BCUT2D eigenvalue weighted by atomic mass is 9.77. The van der Waals surface area contributed by atoms with Crippen molar-refractivity contribution in [2.24, 2.45) is 11.8 Å². The van der Waals surface area contributed by atoms with Gasteiger partial charge in [-0.25, -0.2) is 4.39 Å². The minimum absolute atomic E-state index is 0.138. The summed E-state index contributed by atoms with van der Waals surface area (Å²) in [5, 5.41) is 0.672. The minimum atomic E-state index is -0.138. The first-order valence-corrected chi connectivity index (χ1v) is 12.6. The Bertz CT molecular complexity index is 982. The molecule has 0 aromatic heterocycles. The first-order chi connectivity index (χ1) is 15.6. The maximum Gasteiger partial charge on any atom is 0.131 e. The molecule has 168 valence electrons. The molecule has 1 aliphatic carbocycles. The predicted molar refractivity (Wildman–Crippen MR) is 135 cm³/mol. The molecule has 0 bridgehead atoms. The van der Waals surface area contributed by atoms with Crippen molar-refractivity contribution >= 4 is 11.6 Å². The lowest BCUT2D eigenvalue weighted by Gasteiger charge is -2.28. The summed E-state index contributed by atoms with van der Waals surface area (Å²) in [5.41, 5.74) is 5.54. The van der Waals surface area contributed by atoms with Gasteiger partial charge in [-0.05, 0) is 84.4 Å². The van der Waals surface area contributed by atoms with Crippen molar-refractivity contribution in [3.8, 4) is 11.1 Å². The van der Waals surface area contributed by atoms with Crippen LogP contribution in [0.5, 0.6) is 0 Å². The monoisotopic (exact) mass is 448 g/mol. The second kappa shape index (κ2) is 11.1. The lowest BCUT2D eigenvalue weighted by molar-refractivity contribution is 0.253. The highest BCUT2D eigenvalue weighted by atomic mass is 35.5. The van der Waals surface area contributed by atoms with Crippen molar-refractivity contribution in [1.29, 1.82) is 0 Å². The summed E-state index contributed by atoms with van der Waals surface area (Å²) >= 11 is 5.95. The molecule has 0 radical (unpaired) electrons. The molecular formula is C30H34ClF. The molecular weight excluding hydrogens is 415 g/mol. The predicted octanol–water partition coefficient (Wildman–Crippen LogP) is 9.08. The van der Waals surface area contributed by atoms with E-state index in [9.17, 15) is 4.39 Å². The molecule has 2 heteroatoms. The minimum Gasteiger partial charge on any atom is -0.206 e. The molecule has 0 heterocycles. The molecule has 4 rings (SSSR count). The zero-order chi connectivity index (χ0) is 22.3. The summed E-state index contributed by atoms with van der Waals surface area (Å²) in [6.45, 7) is 2.21. The maximum absolute atomic E-state index is 14.7. The largest absolute Gasteiger partial charge is 0.206 e. The average molecular weight is 449 g/mol.